The van der Waals surface area contributed by atoms with E-state index in [4.69, 9.17) is 10.5 Å². The van der Waals surface area contributed by atoms with Crippen molar-refractivity contribution in [3.63, 3.8) is 0 Å². The predicted molar refractivity (Wildman–Crippen MR) is 64.0 cm³/mol. The molecule has 1 saturated heterocycles. The Kier molecular flexibility index (Phi) is 5.03. The predicted octanol–water partition coefficient (Wildman–Crippen LogP) is 1.61. The molecule has 1 heterocycles. The highest BCUT2D eigenvalue weighted by atomic mass is 16.5. The van der Waals surface area contributed by atoms with Gasteiger partial charge in [-0.3, -0.25) is 4.90 Å². The van der Waals surface area contributed by atoms with E-state index in [-0.39, 0.29) is 5.54 Å². The highest BCUT2D eigenvalue weighted by Gasteiger charge is 2.21. The summed E-state index contributed by atoms with van der Waals surface area (Å²) >= 11 is 0. The lowest BCUT2D eigenvalue weighted by molar-refractivity contribution is -0.00957. The molecule has 15 heavy (non-hydrogen) atoms. The molecule has 0 aliphatic carbocycles. The van der Waals surface area contributed by atoms with Gasteiger partial charge in [-0.1, -0.05) is 6.92 Å². The van der Waals surface area contributed by atoms with Crippen molar-refractivity contribution in [1.82, 2.24) is 4.90 Å². The minimum atomic E-state index is -0.0198. The number of hydrogen-bond acceptors (Lipinski definition) is 3. The average molecular weight is 214 g/mol. The van der Waals surface area contributed by atoms with Crippen LogP contribution in [0.4, 0.5) is 0 Å². The van der Waals surface area contributed by atoms with Gasteiger partial charge >= 0.3 is 0 Å². The molecule has 0 aromatic carbocycles. The van der Waals surface area contributed by atoms with Gasteiger partial charge in [0.25, 0.3) is 0 Å². The Labute approximate surface area is 94.0 Å². The number of morpholine rings is 1. The van der Waals surface area contributed by atoms with Crippen LogP contribution in [0.3, 0.4) is 0 Å². The summed E-state index contributed by atoms with van der Waals surface area (Å²) in [6.07, 6.45) is 3.48. The maximum Gasteiger partial charge on any atom is 0.0622 e. The van der Waals surface area contributed by atoms with E-state index in [1.165, 1.54) is 19.4 Å². The lowest BCUT2D eigenvalue weighted by Crippen LogP contribution is -2.46. The third-order valence-electron chi connectivity index (χ3n) is 3.09. The van der Waals surface area contributed by atoms with Gasteiger partial charge < -0.3 is 10.5 Å². The van der Waals surface area contributed by atoms with Gasteiger partial charge in [0.05, 0.1) is 13.2 Å². The largest absolute Gasteiger partial charge is 0.378 e. The molecule has 1 rings (SSSR count). The van der Waals surface area contributed by atoms with Crippen LogP contribution in [-0.4, -0.2) is 42.8 Å². The Hall–Kier alpha value is -0.120. The molecule has 0 bridgehead atoms. The summed E-state index contributed by atoms with van der Waals surface area (Å²) in [7, 11) is 0. The first kappa shape index (κ1) is 12.9. The van der Waals surface area contributed by atoms with Crippen molar-refractivity contribution in [3.8, 4) is 0 Å². The summed E-state index contributed by atoms with van der Waals surface area (Å²) in [5, 5.41) is 0. The van der Waals surface area contributed by atoms with Gasteiger partial charge in [-0.05, 0) is 39.7 Å². The van der Waals surface area contributed by atoms with Gasteiger partial charge in [0.1, 0.15) is 0 Å². The van der Waals surface area contributed by atoms with Crippen molar-refractivity contribution in [3.05, 3.63) is 0 Å². The molecule has 1 aliphatic heterocycles. The number of ether oxygens (including phenoxy) is 1. The molecule has 1 fully saturated rings. The zero-order chi connectivity index (χ0) is 11.3. The quantitative estimate of drug-likeness (QED) is 0.755. The minimum absolute atomic E-state index is 0.0198. The van der Waals surface area contributed by atoms with Gasteiger partial charge in [0.15, 0.2) is 0 Å². The van der Waals surface area contributed by atoms with Crippen molar-refractivity contribution >= 4 is 0 Å². The van der Waals surface area contributed by atoms with Crippen LogP contribution in [0.1, 0.15) is 40.0 Å². The SMILES string of the molecule is CCC1COCCN1CCCC(C)(C)N. The van der Waals surface area contributed by atoms with E-state index in [1.807, 2.05) is 0 Å². The van der Waals surface area contributed by atoms with Crippen LogP contribution in [0.2, 0.25) is 0 Å². The number of nitrogens with zero attached hydrogens (tertiary/aromatic N) is 1. The third kappa shape index (κ3) is 4.96. The molecular formula is C12H26N2O. The van der Waals surface area contributed by atoms with E-state index in [2.05, 4.69) is 25.7 Å². The maximum absolute atomic E-state index is 5.98. The normalized spacial score (nSPS) is 24.4. The Balaban J connectivity index is 2.23. The van der Waals surface area contributed by atoms with Crippen molar-refractivity contribution < 1.29 is 4.74 Å². The topological polar surface area (TPSA) is 38.5 Å². The fourth-order valence-electron chi connectivity index (χ4n) is 2.10. The first-order chi connectivity index (χ1) is 7.03. The molecule has 0 aromatic heterocycles. The molecule has 1 aliphatic rings. The van der Waals surface area contributed by atoms with E-state index < -0.39 is 0 Å². The van der Waals surface area contributed by atoms with Gasteiger partial charge in [-0.2, -0.15) is 0 Å². The van der Waals surface area contributed by atoms with Gasteiger partial charge in [-0.25, -0.2) is 0 Å². The van der Waals surface area contributed by atoms with Crippen LogP contribution >= 0.6 is 0 Å². The average Bonchev–Trinajstić information content (AvgIpc) is 2.16. The summed E-state index contributed by atoms with van der Waals surface area (Å²) < 4.78 is 5.48. The molecule has 0 spiro atoms. The molecule has 2 N–H and O–H groups in total. The van der Waals surface area contributed by atoms with Gasteiger partial charge in [0.2, 0.25) is 0 Å². The first-order valence-electron chi connectivity index (χ1n) is 6.13. The van der Waals surface area contributed by atoms with E-state index in [0.717, 1.165) is 26.2 Å². The van der Waals surface area contributed by atoms with E-state index in [0.29, 0.717) is 6.04 Å². The summed E-state index contributed by atoms with van der Waals surface area (Å²) in [5.41, 5.74) is 5.96. The molecule has 1 unspecified atom stereocenters. The zero-order valence-corrected chi connectivity index (χ0v) is 10.5. The van der Waals surface area contributed by atoms with E-state index in [9.17, 15) is 0 Å². The molecule has 0 aromatic rings. The second-order valence-corrected chi connectivity index (χ2v) is 5.27. The van der Waals surface area contributed by atoms with Crippen LogP contribution in [0.15, 0.2) is 0 Å². The van der Waals surface area contributed by atoms with E-state index >= 15 is 0 Å². The molecule has 3 heteroatoms. The molecule has 0 saturated carbocycles. The lowest BCUT2D eigenvalue weighted by atomic mass is 9.99. The summed E-state index contributed by atoms with van der Waals surface area (Å²) in [6, 6.07) is 0.625. The highest BCUT2D eigenvalue weighted by Crippen LogP contribution is 2.13. The summed E-state index contributed by atoms with van der Waals surface area (Å²) in [6.45, 7) is 10.5. The van der Waals surface area contributed by atoms with Crippen LogP contribution in [0.25, 0.3) is 0 Å². The molecule has 0 radical (unpaired) electrons. The number of hydrogen-bond donors (Lipinski definition) is 1. The van der Waals surface area contributed by atoms with Crippen LogP contribution < -0.4 is 5.73 Å². The van der Waals surface area contributed by atoms with Crippen molar-refractivity contribution in [2.45, 2.75) is 51.6 Å². The fraction of sp³-hybridized carbons (Fsp3) is 1.00. The smallest absolute Gasteiger partial charge is 0.0622 e. The van der Waals surface area contributed by atoms with Crippen LogP contribution in [-0.2, 0) is 4.74 Å². The van der Waals surface area contributed by atoms with Crippen molar-refractivity contribution in [1.29, 1.82) is 0 Å². The zero-order valence-electron chi connectivity index (χ0n) is 10.5. The molecule has 90 valence electrons. The third-order valence-corrected chi connectivity index (χ3v) is 3.09. The molecular weight excluding hydrogens is 188 g/mol. The standard InChI is InChI=1S/C12H26N2O/c1-4-11-10-15-9-8-14(11)7-5-6-12(2,3)13/h11H,4-10,13H2,1-3H3. The lowest BCUT2D eigenvalue weighted by Gasteiger charge is -2.35. The summed E-state index contributed by atoms with van der Waals surface area (Å²) in [4.78, 5) is 2.55. The van der Waals surface area contributed by atoms with E-state index in [1.54, 1.807) is 0 Å². The highest BCUT2D eigenvalue weighted by molar-refractivity contribution is 4.76. The second kappa shape index (κ2) is 5.83. The first-order valence-corrected chi connectivity index (χ1v) is 6.13. The van der Waals surface area contributed by atoms with Gasteiger partial charge in [-0.15, -0.1) is 0 Å². The Morgan fingerprint density at radius 1 is 1.47 bits per heavy atom. The Bertz CT molecular complexity index is 177. The van der Waals surface area contributed by atoms with Crippen molar-refractivity contribution in [2.75, 3.05) is 26.3 Å². The Morgan fingerprint density at radius 3 is 2.80 bits per heavy atom. The molecule has 3 nitrogen and oxygen atoms in total. The maximum atomic E-state index is 5.98. The monoisotopic (exact) mass is 214 g/mol. The summed E-state index contributed by atoms with van der Waals surface area (Å²) in [5.74, 6) is 0. The molecule has 0 amide bonds. The fourth-order valence-corrected chi connectivity index (χ4v) is 2.10. The van der Waals surface area contributed by atoms with Crippen LogP contribution in [0.5, 0.6) is 0 Å². The molecule has 1 atom stereocenters. The minimum Gasteiger partial charge on any atom is -0.378 e. The number of nitrogens with two attached hydrogens (primary N) is 1. The number of rotatable bonds is 5. The Morgan fingerprint density at radius 2 is 2.20 bits per heavy atom. The van der Waals surface area contributed by atoms with Crippen LogP contribution in [0, 0.1) is 0 Å². The van der Waals surface area contributed by atoms with Gasteiger partial charge in [0, 0.05) is 18.1 Å². The van der Waals surface area contributed by atoms with Crippen molar-refractivity contribution in [2.24, 2.45) is 5.73 Å². The second-order valence-electron chi connectivity index (χ2n) is 5.27.